The number of hydrogen-bond acceptors (Lipinski definition) is 4. The van der Waals surface area contributed by atoms with Crippen molar-refractivity contribution < 1.29 is 17.9 Å². The zero-order valence-electron chi connectivity index (χ0n) is 17.4. The van der Waals surface area contributed by atoms with Gasteiger partial charge in [-0.3, -0.25) is 4.79 Å². The van der Waals surface area contributed by atoms with Gasteiger partial charge in [0.05, 0.1) is 16.8 Å². The predicted molar refractivity (Wildman–Crippen MR) is 118 cm³/mol. The van der Waals surface area contributed by atoms with Gasteiger partial charge in [-0.15, -0.1) is 0 Å². The molecule has 0 spiro atoms. The van der Waals surface area contributed by atoms with Crippen molar-refractivity contribution in [1.82, 2.24) is 9.88 Å². The number of amides is 1. The highest BCUT2D eigenvalue weighted by atomic mass is 32.2. The molecule has 1 amide bonds. The third-order valence-corrected chi connectivity index (χ3v) is 6.40. The fourth-order valence-corrected chi connectivity index (χ4v) is 4.88. The molecule has 0 aliphatic rings. The van der Waals surface area contributed by atoms with E-state index in [4.69, 9.17) is 4.74 Å². The fourth-order valence-electron chi connectivity index (χ4n) is 3.29. The zero-order chi connectivity index (χ0) is 21.6. The quantitative estimate of drug-likeness (QED) is 0.501. The predicted octanol–water partition coefficient (Wildman–Crippen LogP) is 3.55. The molecule has 1 aromatic heterocycles. The number of rotatable bonds is 10. The van der Waals surface area contributed by atoms with Crippen molar-refractivity contribution in [2.24, 2.45) is 0 Å². The summed E-state index contributed by atoms with van der Waals surface area (Å²) < 4.78 is 33.3. The van der Waals surface area contributed by atoms with E-state index >= 15 is 0 Å². The van der Waals surface area contributed by atoms with Gasteiger partial charge in [0.25, 0.3) is 0 Å². The summed E-state index contributed by atoms with van der Waals surface area (Å²) in [5, 5.41) is 3.50. The Kier molecular flexibility index (Phi) is 7.29. The zero-order valence-corrected chi connectivity index (χ0v) is 18.2. The molecule has 0 radical (unpaired) electrons. The standard InChI is InChI=1S/C23H28N2O4S/c1-18(2)29-14-8-13-24-23(26)16-25-15-22(20-11-6-7-12-21(20)25)30(27,28)17-19-9-4-3-5-10-19/h3-7,9-12,15,18H,8,13-14,16-17H2,1-2H3,(H,24,26). The second-order valence-electron chi connectivity index (χ2n) is 7.51. The SMILES string of the molecule is CC(C)OCCCNC(=O)Cn1cc(S(=O)(=O)Cc2ccccc2)c2ccccc21. The molecule has 0 atom stereocenters. The van der Waals surface area contributed by atoms with Gasteiger partial charge in [0.2, 0.25) is 5.91 Å². The first kappa shape index (κ1) is 22.1. The van der Waals surface area contributed by atoms with Crippen molar-refractivity contribution in [1.29, 1.82) is 0 Å². The highest BCUT2D eigenvalue weighted by molar-refractivity contribution is 7.90. The normalized spacial score (nSPS) is 11.8. The van der Waals surface area contributed by atoms with E-state index in [1.165, 1.54) is 0 Å². The van der Waals surface area contributed by atoms with E-state index in [0.29, 0.717) is 18.5 Å². The lowest BCUT2D eigenvalue weighted by molar-refractivity contribution is -0.121. The maximum atomic E-state index is 13.1. The molecule has 6 nitrogen and oxygen atoms in total. The molecule has 3 rings (SSSR count). The minimum absolute atomic E-state index is 0.0619. The monoisotopic (exact) mass is 428 g/mol. The number of ether oxygens (including phenoxy) is 1. The first-order chi connectivity index (χ1) is 14.4. The smallest absolute Gasteiger partial charge is 0.239 e. The van der Waals surface area contributed by atoms with E-state index in [2.05, 4.69) is 5.32 Å². The Hall–Kier alpha value is -2.64. The molecule has 1 N–H and O–H groups in total. The molecule has 0 unspecified atom stereocenters. The molecule has 1 heterocycles. The first-order valence-corrected chi connectivity index (χ1v) is 11.7. The van der Waals surface area contributed by atoms with Crippen LogP contribution < -0.4 is 5.32 Å². The molecule has 0 aliphatic carbocycles. The van der Waals surface area contributed by atoms with Crippen molar-refractivity contribution >= 4 is 26.6 Å². The minimum Gasteiger partial charge on any atom is -0.379 e. The molecular formula is C23H28N2O4S. The molecule has 30 heavy (non-hydrogen) atoms. The highest BCUT2D eigenvalue weighted by Gasteiger charge is 2.22. The molecule has 0 aliphatic heterocycles. The second-order valence-corrected chi connectivity index (χ2v) is 9.46. The first-order valence-electron chi connectivity index (χ1n) is 10.1. The van der Waals surface area contributed by atoms with Crippen LogP contribution in [0.4, 0.5) is 0 Å². The Balaban J connectivity index is 1.75. The fraction of sp³-hybridized carbons (Fsp3) is 0.348. The summed E-state index contributed by atoms with van der Waals surface area (Å²) in [7, 11) is -3.56. The molecule has 0 saturated heterocycles. The van der Waals surface area contributed by atoms with Crippen LogP contribution >= 0.6 is 0 Å². The van der Waals surface area contributed by atoms with Crippen molar-refractivity contribution in [3.05, 3.63) is 66.4 Å². The Labute approximate surface area is 177 Å². The number of benzene rings is 2. The van der Waals surface area contributed by atoms with Crippen LogP contribution in [0.5, 0.6) is 0 Å². The summed E-state index contributed by atoms with van der Waals surface area (Å²) in [5.74, 6) is -0.239. The van der Waals surface area contributed by atoms with E-state index in [0.717, 1.165) is 17.5 Å². The summed E-state index contributed by atoms with van der Waals surface area (Å²) in [6.07, 6.45) is 2.47. The van der Waals surface area contributed by atoms with E-state index in [-0.39, 0.29) is 29.2 Å². The average Bonchev–Trinajstić information content (AvgIpc) is 3.07. The second kappa shape index (κ2) is 9.91. The third kappa shape index (κ3) is 5.70. The number of carbonyl (C=O) groups is 1. The molecule has 0 bridgehead atoms. The van der Waals surface area contributed by atoms with Gasteiger partial charge in [0.15, 0.2) is 9.84 Å². The Morgan fingerprint density at radius 3 is 2.50 bits per heavy atom. The lowest BCUT2D eigenvalue weighted by atomic mass is 10.2. The lowest BCUT2D eigenvalue weighted by Gasteiger charge is -2.09. The molecule has 3 aromatic rings. The Morgan fingerprint density at radius 1 is 1.07 bits per heavy atom. The van der Waals surface area contributed by atoms with E-state index in [9.17, 15) is 13.2 Å². The maximum absolute atomic E-state index is 13.1. The summed E-state index contributed by atoms with van der Waals surface area (Å²) in [5.41, 5.74) is 1.46. The van der Waals surface area contributed by atoms with Crippen molar-refractivity contribution in [2.45, 2.75) is 43.6 Å². The summed E-state index contributed by atoms with van der Waals surface area (Å²) in [4.78, 5) is 12.6. The summed E-state index contributed by atoms with van der Waals surface area (Å²) in [6.45, 7) is 5.11. The van der Waals surface area contributed by atoms with Crippen LogP contribution in [-0.2, 0) is 31.7 Å². The van der Waals surface area contributed by atoms with Crippen LogP contribution in [0.25, 0.3) is 10.9 Å². The number of carbonyl (C=O) groups excluding carboxylic acids is 1. The Morgan fingerprint density at radius 2 is 1.77 bits per heavy atom. The third-order valence-electron chi connectivity index (χ3n) is 4.70. The molecule has 2 aromatic carbocycles. The van der Waals surface area contributed by atoms with Crippen molar-refractivity contribution in [2.75, 3.05) is 13.2 Å². The van der Waals surface area contributed by atoms with Gasteiger partial charge in [0.1, 0.15) is 6.54 Å². The number of nitrogens with one attached hydrogen (secondary N) is 1. The summed E-state index contributed by atoms with van der Waals surface area (Å²) in [6, 6.07) is 16.4. The maximum Gasteiger partial charge on any atom is 0.239 e. The summed E-state index contributed by atoms with van der Waals surface area (Å²) >= 11 is 0. The minimum atomic E-state index is -3.56. The largest absolute Gasteiger partial charge is 0.379 e. The van der Waals surface area contributed by atoms with E-state index < -0.39 is 9.84 Å². The number of sulfone groups is 1. The number of fused-ring (bicyclic) bond motifs is 1. The number of aromatic nitrogens is 1. The lowest BCUT2D eigenvalue weighted by Crippen LogP contribution is -2.29. The van der Waals surface area contributed by atoms with Crippen LogP contribution in [0.15, 0.2) is 65.7 Å². The van der Waals surface area contributed by atoms with Gasteiger partial charge in [-0.1, -0.05) is 48.5 Å². The van der Waals surface area contributed by atoms with Gasteiger partial charge < -0.3 is 14.6 Å². The Bertz CT molecular complexity index is 1090. The molecule has 7 heteroatoms. The molecule has 0 fully saturated rings. The van der Waals surface area contributed by atoms with E-state index in [1.54, 1.807) is 29.0 Å². The van der Waals surface area contributed by atoms with Gasteiger partial charge in [-0.25, -0.2) is 8.42 Å². The van der Waals surface area contributed by atoms with Crippen LogP contribution in [0.2, 0.25) is 0 Å². The molecule has 160 valence electrons. The number of nitrogens with zero attached hydrogens (tertiary/aromatic N) is 1. The topological polar surface area (TPSA) is 77.4 Å². The van der Waals surface area contributed by atoms with Crippen molar-refractivity contribution in [3.8, 4) is 0 Å². The van der Waals surface area contributed by atoms with Gasteiger partial charge in [-0.05, 0) is 31.9 Å². The molecular weight excluding hydrogens is 400 g/mol. The van der Waals surface area contributed by atoms with Crippen LogP contribution in [-0.4, -0.2) is 38.1 Å². The van der Waals surface area contributed by atoms with E-state index in [1.807, 2.05) is 50.2 Å². The van der Waals surface area contributed by atoms with Gasteiger partial charge >= 0.3 is 0 Å². The van der Waals surface area contributed by atoms with Gasteiger partial charge in [-0.2, -0.15) is 0 Å². The van der Waals surface area contributed by atoms with Crippen LogP contribution in [0.1, 0.15) is 25.8 Å². The highest BCUT2D eigenvalue weighted by Crippen LogP contribution is 2.28. The molecule has 0 saturated carbocycles. The number of para-hydroxylation sites is 1. The van der Waals surface area contributed by atoms with Crippen LogP contribution in [0, 0.1) is 0 Å². The van der Waals surface area contributed by atoms with Crippen molar-refractivity contribution in [3.63, 3.8) is 0 Å². The average molecular weight is 429 g/mol. The number of hydrogen-bond donors (Lipinski definition) is 1. The van der Waals surface area contributed by atoms with Crippen LogP contribution in [0.3, 0.4) is 0 Å². The van der Waals surface area contributed by atoms with Gasteiger partial charge in [0, 0.05) is 30.3 Å².